The summed E-state index contributed by atoms with van der Waals surface area (Å²) in [6, 6.07) is 22.0. The number of carbonyl (C=O) groups excluding carboxylic acids is 2. The number of amides is 2. The highest BCUT2D eigenvalue weighted by Gasteiger charge is 2.41. The summed E-state index contributed by atoms with van der Waals surface area (Å²) in [5, 5.41) is 7.73. The molecule has 0 aliphatic carbocycles. The highest BCUT2D eigenvalue weighted by atomic mass is 35.5. The molecule has 0 radical (unpaired) electrons. The third-order valence-electron chi connectivity index (χ3n) is 5.06. The summed E-state index contributed by atoms with van der Waals surface area (Å²) in [7, 11) is 0. The molecule has 0 saturated carbocycles. The van der Waals surface area contributed by atoms with Crippen molar-refractivity contribution in [3.63, 3.8) is 0 Å². The van der Waals surface area contributed by atoms with E-state index in [-0.39, 0.29) is 10.7 Å². The van der Waals surface area contributed by atoms with Gasteiger partial charge in [0.1, 0.15) is 5.70 Å². The summed E-state index contributed by atoms with van der Waals surface area (Å²) in [6.07, 6.45) is 0. The molecular weight excluding hydrogens is 451 g/mol. The Kier molecular flexibility index (Phi) is 5.02. The second-order valence-electron chi connectivity index (χ2n) is 6.92. The lowest BCUT2D eigenvalue weighted by Gasteiger charge is -2.16. The molecule has 3 aromatic carbocycles. The van der Waals surface area contributed by atoms with E-state index in [4.69, 9.17) is 23.2 Å². The zero-order valence-corrected chi connectivity index (χ0v) is 18.3. The summed E-state index contributed by atoms with van der Waals surface area (Å²) in [4.78, 5) is 28.7. The fourth-order valence-corrected chi connectivity index (χ4v) is 4.68. The van der Waals surface area contributed by atoms with Crippen LogP contribution in [0.2, 0.25) is 10.0 Å². The molecule has 1 aliphatic rings. The Balaban J connectivity index is 1.64. The van der Waals surface area contributed by atoms with Crippen molar-refractivity contribution in [2.24, 2.45) is 0 Å². The monoisotopic (exact) mass is 464 g/mol. The first-order valence-corrected chi connectivity index (χ1v) is 11.0. The zero-order valence-electron chi connectivity index (χ0n) is 15.9. The van der Waals surface area contributed by atoms with Crippen LogP contribution >= 0.6 is 34.5 Å². The minimum atomic E-state index is -0.445. The van der Waals surface area contributed by atoms with Gasteiger partial charge >= 0.3 is 0 Å². The van der Waals surface area contributed by atoms with Crippen molar-refractivity contribution in [1.29, 1.82) is 0 Å². The number of nitrogens with one attached hydrogen (secondary N) is 1. The molecule has 0 saturated heterocycles. The minimum Gasteiger partial charge on any atom is -0.350 e. The highest BCUT2D eigenvalue weighted by molar-refractivity contribution is 7.11. The van der Waals surface area contributed by atoms with Gasteiger partial charge in [-0.25, -0.2) is 4.90 Å². The number of halogens is 2. The summed E-state index contributed by atoms with van der Waals surface area (Å²) in [5.74, 6) is -0.853. The van der Waals surface area contributed by atoms with Gasteiger partial charge in [0.15, 0.2) is 0 Å². The number of hydrogen-bond acceptors (Lipinski definition) is 4. The van der Waals surface area contributed by atoms with Crippen molar-refractivity contribution >= 4 is 74.1 Å². The lowest BCUT2D eigenvalue weighted by atomic mass is 10.1. The van der Waals surface area contributed by atoms with Crippen LogP contribution in [-0.4, -0.2) is 11.8 Å². The average molecular weight is 465 g/mol. The van der Waals surface area contributed by atoms with Gasteiger partial charge in [-0.15, -0.1) is 11.3 Å². The van der Waals surface area contributed by atoms with E-state index in [1.165, 1.54) is 17.4 Å². The number of hydrogen-bond donors (Lipinski definition) is 1. The van der Waals surface area contributed by atoms with E-state index in [0.717, 1.165) is 21.4 Å². The van der Waals surface area contributed by atoms with Crippen LogP contribution in [-0.2, 0) is 9.59 Å². The molecule has 4 nitrogen and oxygen atoms in total. The molecule has 0 spiro atoms. The maximum atomic E-state index is 13.5. The van der Waals surface area contributed by atoms with E-state index in [2.05, 4.69) is 5.32 Å². The van der Waals surface area contributed by atoms with Gasteiger partial charge in [0, 0.05) is 16.0 Å². The highest BCUT2D eigenvalue weighted by Crippen LogP contribution is 2.38. The minimum absolute atomic E-state index is 0.231. The number of carbonyl (C=O) groups is 2. The first-order chi connectivity index (χ1) is 15.0. The van der Waals surface area contributed by atoms with Crippen molar-refractivity contribution in [3.05, 3.63) is 98.8 Å². The predicted octanol–water partition coefficient (Wildman–Crippen LogP) is 6.60. The van der Waals surface area contributed by atoms with Gasteiger partial charge in [0.2, 0.25) is 0 Å². The number of rotatable bonds is 4. The molecule has 1 N–H and O–H groups in total. The Morgan fingerprint density at radius 2 is 1.61 bits per heavy atom. The quantitative estimate of drug-likeness (QED) is 0.345. The molecule has 1 aromatic heterocycles. The molecule has 7 heteroatoms. The Labute approximate surface area is 192 Å². The maximum absolute atomic E-state index is 13.5. The molecule has 1 aliphatic heterocycles. The normalized spacial score (nSPS) is 14.1. The van der Waals surface area contributed by atoms with E-state index in [1.54, 1.807) is 12.1 Å². The van der Waals surface area contributed by atoms with Gasteiger partial charge in [0.25, 0.3) is 11.8 Å². The van der Waals surface area contributed by atoms with Gasteiger partial charge in [-0.1, -0.05) is 65.7 Å². The first kappa shape index (κ1) is 19.8. The second-order valence-corrected chi connectivity index (χ2v) is 8.69. The molecule has 31 heavy (non-hydrogen) atoms. The summed E-state index contributed by atoms with van der Waals surface area (Å²) in [5.41, 5.74) is 1.68. The van der Waals surface area contributed by atoms with E-state index in [9.17, 15) is 9.59 Å². The molecule has 0 bridgehead atoms. The number of thiophene rings is 1. The predicted molar refractivity (Wildman–Crippen MR) is 128 cm³/mol. The average Bonchev–Trinajstić information content (AvgIpc) is 3.37. The molecule has 5 rings (SSSR count). The largest absolute Gasteiger partial charge is 0.350 e. The molecular formula is C24H14Cl2N2O2S. The third-order valence-corrected chi connectivity index (χ3v) is 6.69. The molecule has 0 fully saturated rings. The molecule has 4 aromatic rings. The lowest BCUT2D eigenvalue weighted by molar-refractivity contribution is -0.120. The summed E-state index contributed by atoms with van der Waals surface area (Å²) in [6.45, 7) is 0. The van der Waals surface area contributed by atoms with Gasteiger partial charge < -0.3 is 5.32 Å². The van der Waals surface area contributed by atoms with Crippen LogP contribution in [0.3, 0.4) is 0 Å². The second kappa shape index (κ2) is 7.85. The van der Waals surface area contributed by atoms with Crippen LogP contribution in [0.1, 0.15) is 4.88 Å². The fourth-order valence-electron chi connectivity index (χ4n) is 3.62. The van der Waals surface area contributed by atoms with Crippen molar-refractivity contribution in [2.75, 3.05) is 10.2 Å². The number of benzene rings is 3. The topological polar surface area (TPSA) is 49.4 Å². The van der Waals surface area contributed by atoms with Crippen LogP contribution in [0.15, 0.2) is 83.9 Å². The number of imide groups is 1. The van der Waals surface area contributed by atoms with Crippen molar-refractivity contribution in [1.82, 2.24) is 0 Å². The lowest BCUT2D eigenvalue weighted by Crippen LogP contribution is -2.32. The van der Waals surface area contributed by atoms with Crippen molar-refractivity contribution < 1.29 is 9.59 Å². The molecule has 152 valence electrons. The summed E-state index contributed by atoms with van der Waals surface area (Å²) >= 11 is 13.6. The zero-order chi connectivity index (χ0) is 21.5. The van der Waals surface area contributed by atoms with Gasteiger partial charge in [-0.3, -0.25) is 9.59 Å². The van der Waals surface area contributed by atoms with E-state index < -0.39 is 11.8 Å². The molecule has 2 heterocycles. The van der Waals surface area contributed by atoms with Gasteiger partial charge in [0.05, 0.1) is 21.3 Å². The van der Waals surface area contributed by atoms with Crippen LogP contribution in [0.5, 0.6) is 0 Å². The number of fused-ring (bicyclic) bond motifs is 1. The van der Waals surface area contributed by atoms with Crippen LogP contribution in [0.4, 0.5) is 11.4 Å². The third kappa shape index (κ3) is 3.41. The molecule has 0 unspecified atom stereocenters. The fraction of sp³-hybridized carbons (Fsp3) is 0. The van der Waals surface area contributed by atoms with Crippen LogP contribution < -0.4 is 10.2 Å². The first-order valence-electron chi connectivity index (χ1n) is 9.41. The number of nitrogens with zero attached hydrogens (tertiary/aromatic N) is 1. The van der Waals surface area contributed by atoms with Crippen molar-refractivity contribution in [3.8, 4) is 0 Å². The Bertz CT molecular complexity index is 1370. The van der Waals surface area contributed by atoms with E-state index in [1.807, 2.05) is 60.0 Å². The maximum Gasteiger partial charge on any atom is 0.282 e. The SMILES string of the molecule is O=C1C(Nc2cccc3ccccc23)=C(c2cccs2)C(=O)N1c1ccc(Cl)c(Cl)c1. The standard InChI is InChI=1S/C24H14Cl2N2O2S/c25-17-11-10-15(13-18(17)26)28-23(29)21(20-9-4-12-31-20)22(24(28)30)27-19-8-3-6-14-5-1-2-7-16(14)19/h1-13,27H. The Morgan fingerprint density at radius 3 is 2.39 bits per heavy atom. The van der Waals surface area contributed by atoms with Crippen LogP contribution in [0.25, 0.3) is 16.3 Å². The van der Waals surface area contributed by atoms with Crippen LogP contribution in [0, 0.1) is 0 Å². The van der Waals surface area contributed by atoms with E-state index >= 15 is 0 Å². The van der Waals surface area contributed by atoms with Gasteiger partial charge in [-0.05, 0) is 41.1 Å². The summed E-state index contributed by atoms with van der Waals surface area (Å²) < 4.78 is 0. The smallest absolute Gasteiger partial charge is 0.282 e. The Morgan fingerprint density at radius 1 is 0.806 bits per heavy atom. The molecule has 2 amide bonds. The Hall–Kier alpha value is -3.12. The number of anilines is 2. The van der Waals surface area contributed by atoms with Gasteiger partial charge in [-0.2, -0.15) is 0 Å². The molecule has 0 atom stereocenters. The van der Waals surface area contributed by atoms with Crippen molar-refractivity contribution in [2.45, 2.75) is 0 Å². The van der Waals surface area contributed by atoms with E-state index in [0.29, 0.717) is 21.2 Å².